The van der Waals surface area contributed by atoms with Gasteiger partial charge in [-0.15, -0.1) is 0 Å². The minimum Gasteiger partial charge on any atom is -0.315 e. The average molecular weight is 269 g/mol. The Labute approximate surface area is 99.8 Å². The monoisotopic (exact) mass is 268 g/mol. The Morgan fingerprint density at radius 3 is 3.00 bits per heavy atom. The number of rotatable bonds is 1. The summed E-state index contributed by atoms with van der Waals surface area (Å²) in [5, 5.41) is 3.49. The second-order valence-electron chi connectivity index (χ2n) is 4.18. The molecule has 1 heterocycles. The van der Waals surface area contributed by atoms with Crippen molar-refractivity contribution in [1.29, 1.82) is 0 Å². The summed E-state index contributed by atoms with van der Waals surface area (Å²) >= 11 is 3.63. The van der Waals surface area contributed by atoms with E-state index in [1.165, 1.54) is 10.0 Å². The van der Waals surface area contributed by atoms with Gasteiger partial charge in [0.25, 0.3) is 0 Å². The van der Waals surface area contributed by atoms with Gasteiger partial charge in [-0.25, -0.2) is 0 Å². The number of halogens is 1. The Bertz CT molecular complexity index is 327. The lowest BCUT2D eigenvalue weighted by molar-refractivity contribution is 0.342. The second-order valence-corrected chi connectivity index (χ2v) is 5.04. The molecule has 1 aliphatic heterocycles. The van der Waals surface area contributed by atoms with Gasteiger partial charge in [-0.05, 0) is 18.7 Å². The first-order valence-corrected chi connectivity index (χ1v) is 6.20. The van der Waals surface area contributed by atoms with E-state index in [1.54, 1.807) is 0 Å². The van der Waals surface area contributed by atoms with E-state index >= 15 is 0 Å². The van der Waals surface area contributed by atoms with Gasteiger partial charge in [0.1, 0.15) is 0 Å². The molecule has 0 bridgehead atoms. The molecule has 0 spiro atoms. The number of hydrogen-bond donors (Lipinski definition) is 1. The standard InChI is InChI=1S/C12H17BrN2/c1-15-7-6-14-8-10(9-15)11-4-2-3-5-12(11)13/h2-5,10,14H,6-9H2,1H3. The highest BCUT2D eigenvalue weighted by molar-refractivity contribution is 9.10. The van der Waals surface area contributed by atoms with E-state index in [0.29, 0.717) is 5.92 Å². The molecule has 1 unspecified atom stereocenters. The lowest BCUT2D eigenvalue weighted by Gasteiger charge is -2.20. The molecule has 1 aliphatic rings. The van der Waals surface area contributed by atoms with Crippen molar-refractivity contribution >= 4 is 15.9 Å². The third-order valence-electron chi connectivity index (χ3n) is 2.94. The quantitative estimate of drug-likeness (QED) is 0.839. The molecule has 0 saturated carbocycles. The van der Waals surface area contributed by atoms with E-state index in [9.17, 15) is 0 Å². The first-order valence-electron chi connectivity index (χ1n) is 5.41. The summed E-state index contributed by atoms with van der Waals surface area (Å²) in [5.74, 6) is 0.591. The molecule has 0 amide bonds. The van der Waals surface area contributed by atoms with Gasteiger partial charge in [-0.3, -0.25) is 0 Å². The fourth-order valence-electron chi connectivity index (χ4n) is 2.09. The van der Waals surface area contributed by atoms with Crippen LogP contribution in [0.3, 0.4) is 0 Å². The van der Waals surface area contributed by atoms with Crippen molar-refractivity contribution < 1.29 is 0 Å². The predicted octanol–water partition coefficient (Wildman–Crippen LogP) is 2.07. The van der Waals surface area contributed by atoms with E-state index in [4.69, 9.17) is 0 Å². The smallest absolute Gasteiger partial charge is 0.0211 e. The summed E-state index contributed by atoms with van der Waals surface area (Å²) in [7, 11) is 2.19. The summed E-state index contributed by atoms with van der Waals surface area (Å²) in [6, 6.07) is 8.53. The minimum atomic E-state index is 0.591. The molecule has 0 aliphatic carbocycles. The van der Waals surface area contributed by atoms with Crippen LogP contribution in [0.5, 0.6) is 0 Å². The van der Waals surface area contributed by atoms with Crippen molar-refractivity contribution in [3.05, 3.63) is 34.3 Å². The first-order chi connectivity index (χ1) is 7.27. The minimum absolute atomic E-state index is 0.591. The van der Waals surface area contributed by atoms with Crippen LogP contribution >= 0.6 is 15.9 Å². The Morgan fingerprint density at radius 1 is 1.40 bits per heavy atom. The highest BCUT2D eigenvalue weighted by atomic mass is 79.9. The number of nitrogens with one attached hydrogen (secondary N) is 1. The van der Waals surface area contributed by atoms with Gasteiger partial charge in [-0.1, -0.05) is 34.1 Å². The molecule has 1 aromatic rings. The van der Waals surface area contributed by atoms with Gasteiger partial charge in [0, 0.05) is 36.6 Å². The Kier molecular flexibility index (Phi) is 3.78. The fourth-order valence-corrected chi connectivity index (χ4v) is 2.70. The van der Waals surface area contributed by atoms with Crippen molar-refractivity contribution in [2.45, 2.75) is 5.92 Å². The Balaban J connectivity index is 2.18. The van der Waals surface area contributed by atoms with Crippen LogP contribution in [-0.2, 0) is 0 Å². The van der Waals surface area contributed by atoms with Gasteiger partial charge in [0.05, 0.1) is 0 Å². The zero-order valence-electron chi connectivity index (χ0n) is 9.04. The predicted molar refractivity (Wildman–Crippen MR) is 67.2 cm³/mol. The molecule has 2 rings (SSSR count). The fraction of sp³-hybridized carbons (Fsp3) is 0.500. The lowest BCUT2D eigenvalue weighted by Crippen LogP contribution is -2.25. The van der Waals surface area contributed by atoms with E-state index in [2.05, 4.69) is 57.5 Å². The van der Waals surface area contributed by atoms with Gasteiger partial charge < -0.3 is 10.2 Å². The van der Waals surface area contributed by atoms with Crippen LogP contribution in [-0.4, -0.2) is 38.1 Å². The molecule has 1 N–H and O–H groups in total. The van der Waals surface area contributed by atoms with E-state index in [-0.39, 0.29) is 0 Å². The maximum atomic E-state index is 3.63. The number of nitrogens with zero attached hydrogens (tertiary/aromatic N) is 1. The molecule has 1 fully saturated rings. The van der Waals surface area contributed by atoms with E-state index < -0.39 is 0 Å². The van der Waals surface area contributed by atoms with Crippen molar-refractivity contribution in [1.82, 2.24) is 10.2 Å². The van der Waals surface area contributed by atoms with Crippen molar-refractivity contribution in [2.75, 3.05) is 33.2 Å². The number of hydrogen-bond acceptors (Lipinski definition) is 2. The largest absolute Gasteiger partial charge is 0.315 e. The van der Waals surface area contributed by atoms with Crippen LogP contribution in [0, 0.1) is 0 Å². The summed E-state index contributed by atoms with van der Waals surface area (Å²) < 4.78 is 1.23. The SMILES string of the molecule is CN1CCNCC(c2ccccc2Br)C1. The maximum Gasteiger partial charge on any atom is 0.0211 e. The van der Waals surface area contributed by atoms with Crippen LogP contribution in [0.15, 0.2) is 28.7 Å². The molecule has 82 valence electrons. The second kappa shape index (κ2) is 5.10. The van der Waals surface area contributed by atoms with Crippen molar-refractivity contribution in [3.63, 3.8) is 0 Å². The Hall–Kier alpha value is -0.380. The molecular formula is C12H17BrN2. The van der Waals surface area contributed by atoms with Gasteiger partial charge in [0.15, 0.2) is 0 Å². The van der Waals surface area contributed by atoms with Crippen LogP contribution < -0.4 is 5.32 Å². The summed E-state index contributed by atoms with van der Waals surface area (Å²) in [6.07, 6.45) is 0. The molecule has 1 atom stereocenters. The molecule has 0 radical (unpaired) electrons. The number of benzene rings is 1. The molecule has 3 heteroatoms. The molecule has 0 aromatic heterocycles. The van der Waals surface area contributed by atoms with Crippen LogP contribution in [0.25, 0.3) is 0 Å². The first kappa shape index (κ1) is 11.1. The van der Waals surface area contributed by atoms with E-state index in [0.717, 1.165) is 26.2 Å². The van der Waals surface area contributed by atoms with Gasteiger partial charge in [-0.2, -0.15) is 0 Å². The lowest BCUT2D eigenvalue weighted by atomic mass is 9.99. The van der Waals surface area contributed by atoms with Gasteiger partial charge in [0.2, 0.25) is 0 Å². The third-order valence-corrected chi connectivity index (χ3v) is 3.66. The van der Waals surface area contributed by atoms with Crippen LogP contribution in [0.2, 0.25) is 0 Å². The topological polar surface area (TPSA) is 15.3 Å². The normalized spacial score (nSPS) is 23.7. The molecule has 2 nitrogen and oxygen atoms in total. The Morgan fingerprint density at radius 2 is 2.20 bits per heavy atom. The molecular weight excluding hydrogens is 252 g/mol. The molecule has 1 saturated heterocycles. The van der Waals surface area contributed by atoms with Crippen molar-refractivity contribution in [3.8, 4) is 0 Å². The summed E-state index contributed by atoms with van der Waals surface area (Å²) in [6.45, 7) is 4.45. The van der Waals surface area contributed by atoms with E-state index in [1.807, 2.05) is 0 Å². The average Bonchev–Trinajstić information content (AvgIpc) is 2.43. The zero-order valence-corrected chi connectivity index (χ0v) is 10.6. The highest BCUT2D eigenvalue weighted by Crippen LogP contribution is 2.25. The van der Waals surface area contributed by atoms with Gasteiger partial charge >= 0.3 is 0 Å². The summed E-state index contributed by atoms with van der Waals surface area (Å²) in [4.78, 5) is 2.39. The highest BCUT2D eigenvalue weighted by Gasteiger charge is 2.18. The van der Waals surface area contributed by atoms with Crippen molar-refractivity contribution in [2.24, 2.45) is 0 Å². The molecule has 15 heavy (non-hydrogen) atoms. The van der Waals surface area contributed by atoms with Crippen LogP contribution in [0.1, 0.15) is 11.5 Å². The summed E-state index contributed by atoms with van der Waals surface area (Å²) in [5.41, 5.74) is 1.42. The number of likely N-dealkylation sites (N-methyl/N-ethyl adjacent to an activating group) is 1. The molecule has 1 aromatic carbocycles. The zero-order chi connectivity index (χ0) is 10.7. The van der Waals surface area contributed by atoms with Crippen LogP contribution in [0.4, 0.5) is 0 Å². The maximum absolute atomic E-state index is 3.63. The third kappa shape index (κ3) is 2.80.